The van der Waals surface area contributed by atoms with Crippen molar-refractivity contribution in [2.75, 3.05) is 0 Å². The molecule has 9 aromatic carbocycles. The van der Waals surface area contributed by atoms with Crippen LogP contribution in [0.5, 0.6) is 11.5 Å². The SMILES string of the molecule is [2H]c1c([2H])c([2H])c(-c2cccc(-c3c([2H])c([2H])c([2H])c([2H])c3[2H])c2-[n+]2[c-]n(-c3cccc(Oc4ccc5c6ccccc6n(-c6cc(C([2H])([2H])[2H])c(-n7c8ccccc8c8ccccc87)cn6)c5c4)c3)c3ccccc32)c([2H])c1[2H]. The van der Waals surface area contributed by atoms with E-state index in [1.54, 1.807) is 57.8 Å². The summed E-state index contributed by atoms with van der Waals surface area (Å²) in [7, 11) is 0. The minimum absolute atomic E-state index is 0.127. The van der Waals surface area contributed by atoms with Crippen LogP contribution in [0, 0.1) is 13.2 Å². The lowest BCUT2D eigenvalue weighted by molar-refractivity contribution is -0.571. The van der Waals surface area contributed by atoms with Crippen molar-refractivity contribution in [1.29, 1.82) is 0 Å². The Hall–Kier alpha value is -9.00. The van der Waals surface area contributed by atoms with Gasteiger partial charge in [-0.05, 0) is 89.3 Å². The van der Waals surface area contributed by atoms with E-state index in [1.165, 1.54) is 0 Å². The molecule has 67 heavy (non-hydrogen) atoms. The normalized spacial score (nSPS) is 14.6. The van der Waals surface area contributed by atoms with E-state index in [2.05, 4.69) is 6.33 Å². The van der Waals surface area contributed by atoms with Crippen LogP contribution in [0.15, 0.2) is 230 Å². The van der Waals surface area contributed by atoms with Gasteiger partial charge in [0.2, 0.25) is 0 Å². The van der Waals surface area contributed by atoms with Gasteiger partial charge in [-0.3, -0.25) is 13.7 Å². The molecule has 4 heterocycles. The zero-order chi connectivity index (χ0) is 55.6. The van der Waals surface area contributed by atoms with Gasteiger partial charge in [0, 0.05) is 31.7 Å². The lowest BCUT2D eigenvalue weighted by Gasteiger charge is -2.17. The van der Waals surface area contributed by atoms with Gasteiger partial charge in [-0.15, -0.1) is 0 Å². The zero-order valence-electron chi connectivity index (χ0n) is 48.3. The van der Waals surface area contributed by atoms with E-state index in [0.29, 0.717) is 45.2 Å². The molecule has 0 saturated heterocycles. The first-order valence-electron chi connectivity index (χ1n) is 28.1. The Kier molecular flexibility index (Phi) is 6.37. The van der Waals surface area contributed by atoms with Crippen molar-refractivity contribution in [3.63, 3.8) is 0 Å². The van der Waals surface area contributed by atoms with E-state index >= 15 is 0 Å². The molecule has 0 unspecified atom stereocenters. The maximum Gasteiger partial charge on any atom is 0.269 e. The Morgan fingerprint density at radius 2 is 1.09 bits per heavy atom. The van der Waals surface area contributed by atoms with Crippen molar-refractivity contribution in [2.24, 2.45) is 0 Å². The fraction of sp³-hybridized carbons (Fsp3) is 0.0164. The number of aromatic nitrogens is 5. The highest BCUT2D eigenvalue weighted by molar-refractivity contribution is 6.10. The topological polar surface area (TPSA) is 40.8 Å². The number of nitrogens with zero attached hydrogens (tertiary/aromatic N) is 5. The van der Waals surface area contributed by atoms with Gasteiger partial charge >= 0.3 is 0 Å². The van der Waals surface area contributed by atoms with Crippen LogP contribution in [-0.2, 0) is 0 Å². The zero-order valence-corrected chi connectivity index (χ0v) is 35.3. The van der Waals surface area contributed by atoms with E-state index < -0.39 is 67.3 Å². The molecule has 13 rings (SSSR count). The van der Waals surface area contributed by atoms with Crippen LogP contribution in [0.2, 0.25) is 0 Å². The van der Waals surface area contributed by atoms with Crippen molar-refractivity contribution in [3.8, 4) is 56.6 Å². The number of imidazole rings is 1. The van der Waals surface area contributed by atoms with Gasteiger partial charge in [0.15, 0.2) is 0 Å². The monoisotopic (exact) mass is 872 g/mol. The highest BCUT2D eigenvalue weighted by atomic mass is 16.5. The molecule has 6 nitrogen and oxygen atoms in total. The van der Waals surface area contributed by atoms with Crippen molar-refractivity contribution >= 4 is 54.6 Å². The number of pyridine rings is 1. The predicted octanol–water partition coefficient (Wildman–Crippen LogP) is 14.7. The second kappa shape index (κ2) is 15.6. The average Bonchev–Trinajstić information content (AvgIpc) is 4.16. The molecule has 0 aliphatic rings. The molecule has 0 radical (unpaired) electrons. The van der Waals surface area contributed by atoms with Crippen molar-refractivity contribution in [1.82, 2.24) is 18.7 Å². The van der Waals surface area contributed by atoms with Crippen LogP contribution in [-0.4, -0.2) is 18.7 Å². The molecule has 0 amide bonds. The molecule has 0 saturated carbocycles. The first-order valence-corrected chi connectivity index (χ1v) is 21.6. The van der Waals surface area contributed by atoms with Crippen LogP contribution in [0.25, 0.3) is 99.8 Å². The molecular weight excluding hydrogens is 819 g/mol. The first-order chi connectivity index (χ1) is 38.5. The molecular formula is C61H41N5O. The van der Waals surface area contributed by atoms with Crippen molar-refractivity contribution in [3.05, 3.63) is 242 Å². The lowest BCUT2D eigenvalue weighted by atomic mass is 9.95. The molecule has 0 aliphatic heterocycles. The molecule has 0 atom stereocenters. The maximum absolute atomic E-state index is 9.05. The van der Waals surface area contributed by atoms with Crippen LogP contribution in [0.3, 0.4) is 0 Å². The standard InChI is InChI=1S/C61H41N5O/c1-41-36-60(62-39-59(41)65-53-29-11-8-24-49(53)50-25-9-12-30-54(50)65)66-55-31-13-10-26-51(55)52-35-34-46(38-58(52)66)67-45-23-16-22-44(37-45)63-40-64(57-33-15-14-32-56(57)63)61-47(42-18-4-2-5-19-42)27-17-28-48(61)43-20-6-3-7-21-43/h2-39H,1H3/i1D3,2D,3D,4D,5D,6D,7D,18D,19D,20D,21D. The highest BCUT2D eigenvalue weighted by Crippen LogP contribution is 2.38. The van der Waals surface area contributed by atoms with E-state index in [1.807, 2.05) is 130 Å². The van der Waals surface area contributed by atoms with Gasteiger partial charge in [0.05, 0.1) is 70.1 Å². The minimum atomic E-state index is -2.53. The van der Waals surface area contributed by atoms with Gasteiger partial charge in [-0.1, -0.05) is 164 Å². The lowest BCUT2D eigenvalue weighted by Crippen LogP contribution is -2.31. The summed E-state index contributed by atoms with van der Waals surface area (Å²) in [6, 6.07) is 44.9. The fourth-order valence-corrected chi connectivity index (χ4v) is 9.38. The number of ether oxygens (including phenoxy) is 1. The summed E-state index contributed by atoms with van der Waals surface area (Å²) in [5.41, 5.74) is 5.60. The number of rotatable bonds is 8. The predicted molar refractivity (Wildman–Crippen MR) is 272 cm³/mol. The third-order valence-corrected chi connectivity index (χ3v) is 12.2. The van der Waals surface area contributed by atoms with E-state index in [-0.39, 0.29) is 33.5 Å². The molecule has 0 aliphatic carbocycles. The Morgan fingerprint density at radius 3 is 1.75 bits per heavy atom. The van der Waals surface area contributed by atoms with Crippen molar-refractivity contribution < 1.29 is 27.1 Å². The molecule has 0 fully saturated rings. The number of fused-ring (bicyclic) bond motifs is 7. The Bertz CT molecular complexity index is 4570. The maximum atomic E-state index is 9.05. The van der Waals surface area contributed by atoms with Crippen LogP contribution < -0.4 is 9.30 Å². The van der Waals surface area contributed by atoms with E-state index in [9.17, 15) is 0 Å². The Labute approximate surface area is 405 Å². The summed E-state index contributed by atoms with van der Waals surface area (Å²) >= 11 is 0. The van der Waals surface area contributed by atoms with Gasteiger partial charge < -0.3 is 9.30 Å². The number of aryl methyl sites for hydroxylation is 1. The Balaban J connectivity index is 0.948. The van der Waals surface area contributed by atoms with Crippen molar-refractivity contribution in [2.45, 2.75) is 6.85 Å². The fourth-order valence-electron chi connectivity index (χ4n) is 9.38. The van der Waals surface area contributed by atoms with E-state index in [0.717, 1.165) is 38.1 Å². The molecule has 13 aromatic rings. The molecule has 316 valence electrons. The van der Waals surface area contributed by atoms with Crippen LogP contribution >= 0.6 is 0 Å². The Morgan fingerprint density at radius 1 is 0.522 bits per heavy atom. The number of benzene rings is 9. The molecule has 0 bridgehead atoms. The first kappa shape index (κ1) is 27.4. The average molecular weight is 873 g/mol. The summed E-state index contributed by atoms with van der Waals surface area (Å²) in [6.07, 6.45) is 5.06. The third-order valence-electron chi connectivity index (χ3n) is 12.2. The quantitative estimate of drug-likeness (QED) is 0.113. The van der Waals surface area contributed by atoms with Gasteiger partial charge in [0.1, 0.15) is 17.3 Å². The summed E-state index contributed by atoms with van der Waals surface area (Å²) in [4.78, 5) is 5.01. The van der Waals surface area contributed by atoms with E-state index in [4.69, 9.17) is 27.5 Å². The second-order valence-electron chi connectivity index (χ2n) is 16.0. The largest absolute Gasteiger partial charge is 0.458 e. The molecule has 0 N–H and O–H groups in total. The number of hydrogen-bond donors (Lipinski definition) is 0. The molecule has 4 aromatic heterocycles. The minimum Gasteiger partial charge on any atom is -0.458 e. The number of para-hydroxylation sites is 6. The van der Waals surface area contributed by atoms with Crippen LogP contribution in [0.4, 0.5) is 0 Å². The molecule has 6 heteroatoms. The summed E-state index contributed by atoms with van der Waals surface area (Å²) < 4.78 is 128. The highest BCUT2D eigenvalue weighted by Gasteiger charge is 2.21. The van der Waals surface area contributed by atoms with Gasteiger partial charge in [-0.2, -0.15) is 0 Å². The number of hydrogen-bond acceptors (Lipinski definition) is 2. The van der Waals surface area contributed by atoms with Gasteiger partial charge in [-0.25, -0.2) is 4.98 Å². The van der Waals surface area contributed by atoms with Crippen LogP contribution in [0.1, 0.15) is 23.4 Å². The van der Waals surface area contributed by atoms with Gasteiger partial charge in [0.25, 0.3) is 6.33 Å². The smallest absolute Gasteiger partial charge is 0.269 e. The summed E-state index contributed by atoms with van der Waals surface area (Å²) in [5, 5.41) is 3.79. The summed E-state index contributed by atoms with van der Waals surface area (Å²) in [5.74, 6) is 1.29. The molecule has 0 spiro atoms. The third kappa shape index (κ3) is 6.33. The summed E-state index contributed by atoms with van der Waals surface area (Å²) in [6.45, 7) is -2.53. The second-order valence-corrected chi connectivity index (χ2v) is 16.0.